The normalized spacial score (nSPS) is 21.3. The zero-order valence-corrected chi connectivity index (χ0v) is 14.9. The van der Waals surface area contributed by atoms with Crippen LogP contribution in [-0.4, -0.2) is 46.8 Å². The number of hydrogen-bond acceptors (Lipinski definition) is 4. The van der Waals surface area contributed by atoms with E-state index in [1.807, 2.05) is 11.0 Å². The van der Waals surface area contributed by atoms with Crippen LogP contribution in [0.4, 0.5) is 5.69 Å². The maximum absolute atomic E-state index is 12.0. The summed E-state index contributed by atoms with van der Waals surface area (Å²) < 4.78 is 0. The monoisotopic (exact) mass is 345 g/mol. The highest BCUT2D eigenvalue weighted by Gasteiger charge is 2.27. The molecule has 2 heterocycles. The van der Waals surface area contributed by atoms with Crippen molar-refractivity contribution in [2.75, 3.05) is 26.2 Å². The molecular weight excluding hydrogens is 318 g/mol. The first-order chi connectivity index (χ1) is 12.0. The molecule has 0 saturated carbocycles. The zero-order chi connectivity index (χ0) is 17.8. The Morgan fingerprint density at radius 2 is 2.00 bits per heavy atom. The summed E-state index contributed by atoms with van der Waals surface area (Å²) >= 11 is 0. The van der Waals surface area contributed by atoms with Gasteiger partial charge in [-0.15, -0.1) is 0 Å². The molecule has 2 aliphatic heterocycles. The average molecular weight is 345 g/mol. The minimum atomic E-state index is -0.335. The molecule has 6 nitrogen and oxygen atoms in total. The van der Waals surface area contributed by atoms with Crippen LogP contribution in [0, 0.1) is 16.0 Å². The van der Waals surface area contributed by atoms with Crippen molar-refractivity contribution in [2.24, 2.45) is 5.92 Å². The van der Waals surface area contributed by atoms with E-state index in [-0.39, 0.29) is 16.7 Å². The molecule has 2 aliphatic rings. The molecule has 0 spiro atoms. The molecule has 0 N–H and O–H groups in total. The Kier molecular flexibility index (Phi) is 5.68. The quantitative estimate of drug-likeness (QED) is 0.606. The van der Waals surface area contributed by atoms with Crippen LogP contribution < -0.4 is 0 Å². The Morgan fingerprint density at radius 3 is 2.68 bits per heavy atom. The van der Waals surface area contributed by atoms with Gasteiger partial charge in [0.05, 0.1) is 4.92 Å². The molecule has 6 heteroatoms. The van der Waals surface area contributed by atoms with Crippen molar-refractivity contribution in [3.63, 3.8) is 0 Å². The molecule has 0 aliphatic carbocycles. The van der Waals surface area contributed by atoms with Gasteiger partial charge in [0.1, 0.15) is 0 Å². The second-order valence-corrected chi connectivity index (χ2v) is 7.30. The minimum Gasteiger partial charge on any atom is -0.342 e. The maximum Gasteiger partial charge on any atom is 0.269 e. The van der Waals surface area contributed by atoms with Gasteiger partial charge in [0.25, 0.3) is 5.69 Å². The molecule has 1 amide bonds. The molecular formula is C19H27N3O3. The first-order valence-electron chi connectivity index (χ1n) is 9.31. The molecule has 0 radical (unpaired) electrons. The Hall–Kier alpha value is -1.95. The lowest BCUT2D eigenvalue weighted by Crippen LogP contribution is -2.43. The van der Waals surface area contributed by atoms with Crippen molar-refractivity contribution in [1.29, 1.82) is 0 Å². The van der Waals surface area contributed by atoms with Gasteiger partial charge in [0.15, 0.2) is 0 Å². The standard InChI is InChI=1S/C19H27N3O3/c1-15(17-5-4-6-18(13-17)22(24)25)20-11-8-16(9-12-20)14-21-10-3-2-7-19(21)23/h4-6,13,15-16H,2-3,7-12,14H2,1H3/t15-/m1/s1. The highest BCUT2D eigenvalue weighted by Crippen LogP contribution is 2.29. The second kappa shape index (κ2) is 7.95. The summed E-state index contributed by atoms with van der Waals surface area (Å²) in [4.78, 5) is 27.1. The average Bonchev–Trinajstić information content (AvgIpc) is 2.64. The summed E-state index contributed by atoms with van der Waals surface area (Å²) in [6.45, 7) is 5.90. The van der Waals surface area contributed by atoms with E-state index in [1.165, 1.54) is 6.07 Å². The second-order valence-electron chi connectivity index (χ2n) is 7.30. The van der Waals surface area contributed by atoms with Gasteiger partial charge in [-0.2, -0.15) is 0 Å². The SMILES string of the molecule is C[C@H](c1cccc([N+](=O)[O-])c1)N1CCC(CN2CCCCC2=O)CC1. The maximum atomic E-state index is 12.0. The molecule has 1 aromatic carbocycles. The van der Waals surface area contributed by atoms with Crippen LogP contribution in [0.5, 0.6) is 0 Å². The fourth-order valence-corrected chi connectivity index (χ4v) is 4.00. The largest absolute Gasteiger partial charge is 0.342 e. The van der Waals surface area contributed by atoms with E-state index in [4.69, 9.17) is 0 Å². The molecule has 136 valence electrons. The summed E-state index contributed by atoms with van der Waals surface area (Å²) in [5.74, 6) is 0.897. The van der Waals surface area contributed by atoms with Gasteiger partial charge < -0.3 is 4.90 Å². The van der Waals surface area contributed by atoms with E-state index in [0.29, 0.717) is 18.2 Å². The minimum absolute atomic E-state index is 0.155. The third-order valence-electron chi connectivity index (χ3n) is 5.66. The predicted molar refractivity (Wildman–Crippen MR) is 96.2 cm³/mol. The molecule has 3 rings (SSSR count). The number of benzene rings is 1. The van der Waals surface area contributed by atoms with Crippen molar-refractivity contribution < 1.29 is 9.72 Å². The molecule has 2 fully saturated rings. The van der Waals surface area contributed by atoms with E-state index in [1.54, 1.807) is 12.1 Å². The van der Waals surface area contributed by atoms with E-state index in [9.17, 15) is 14.9 Å². The van der Waals surface area contributed by atoms with Crippen molar-refractivity contribution in [3.8, 4) is 0 Å². The molecule has 1 aromatic rings. The molecule has 1 atom stereocenters. The Labute approximate surface area is 148 Å². The van der Waals surface area contributed by atoms with Crippen molar-refractivity contribution in [3.05, 3.63) is 39.9 Å². The summed E-state index contributed by atoms with van der Waals surface area (Å²) in [5, 5.41) is 11.0. The number of non-ortho nitro benzene ring substituents is 1. The number of nitro groups is 1. The topological polar surface area (TPSA) is 66.7 Å². The van der Waals surface area contributed by atoms with Crippen LogP contribution in [0.15, 0.2) is 24.3 Å². The lowest BCUT2D eigenvalue weighted by atomic mass is 9.93. The van der Waals surface area contributed by atoms with Gasteiger partial charge in [-0.3, -0.25) is 19.8 Å². The number of amides is 1. The number of carbonyl (C=O) groups excluding carboxylic acids is 1. The van der Waals surface area contributed by atoms with E-state index in [0.717, 1.165) is 57.4 Å². The third kappa shape index (κ3) is 4.37. The van der Waals surface area contributed by atoms with Crippen LogP contribution in [0.25, 0.3) is 0 Å². The Morgan fingerprint density at radius 1 is 1.24 bits per heavy atom. The van der Waals surface area contributed by atoms with Crippen molar-refractivity contribution in [2.45, 2.75) is 45.1 Å². The molecule has 0 unspecified atom stereocenters. The summed E-state index contributed by atoms with van der Waals surface area (Å²) in [5.41, 5.74) is 1.15. The van der Waals surface area contributed by atoms with Crippen LogP contribution in [0.2, 0.25) is 0 Å². The highest BCUT2D eigenvalue weighted by molar-refractivity contribution is 5.76. The fourth-order valence-electron chi connectivity index (χ4n) is 4.00. The van der Waals surface area contributed by atoms with E-state index < -0.39 is 0 Å². The molecule has 25 heavy (non-hydrogen) atoms. The summed E-state index contributed by atoms with van der Waals surface area (Å²) in [7, 11) is 0. The smallest absolute Gasteiger partial charge is 0.269 e. The number of hydrogen-bond donors (Lipinski definition) is 0. The van der Waals surface area contributed by atoms with Crippen LogP contribution in [0.3, 0.4) is 0 Å². The van der Waals surface area contributed by atoms with Gasteiger partial charge in [0.2, 0.25) is 5.91 Å². The third-order valence-corrected chi connectivity index (χ3v) is 5.66. The van der Waals surface area contributed by atoms with Gasteiger partial charge in [0, 0.05) is 37.7 Å². The zero-order valence-electron chi connectivity index (χ0n) is 14.9. The molecule has 2 saturated heterocycles. The summed E-state index contributed by atoms with van der Waals surface area (Å²) in [6.07, 6.45) is 5.05. The number of nitro benzene ring substituents is 1. The van der Waals surface area contributed by atoms with Crippen molar-refractivity contribution in [1.82, 2.24) is 9.80 Å². The van der Waals surface area contributed by atoms with Gasteiger partial charge in [-0.25, -0.2) is 0 Å². The van der Waals surface area contributed by atoms with Gasteiger partial charge >= 0.3 is 0 Å². The lowest BCUT2D eigenvalue weighted by Gasteiger charge is -2.38. The van der Waals surface area contributed by atoms with Crippen LogP contribution >= 0.6 is 0 Å². The van der Waals surface area contributed by atoms with Gasteiger partial charge in [-0.1, -0.05) is 12.1 Å². The number of rotatable bonds is 5. The number of carbonyl (C=O) groups is 1. The predicted octanol–water partition coefficient (Wildman–Crippen LogP) is 3.38. The van der Waals surface area contributed by atoms with Gasteiger partial charge in [-0.05, 0) is 57.2 Å². The summed E-state index contributed by atoms with van der Waals surface area (Å²) in [6, 6.07) is 7.13. The number of nitrogens with zero attached hydrogens (tertiary/aromatic N) is 3. The highest BCUT2D eigenvalue weighted by atomic mass is 16.6. The Balaban J connectivity index is 1.54. The first kappa shape index (κ1) is 17.9. The van der Waals surface area contributed by atoms with Crippen LogP contribution in [-0.2, 0) is 4.79 Å². The number of piperidine rings is 2. The Bertz CT molecular complexity index is 626. The van der Waals surface area contributed by atoms with E-state index >= 15 is 0 Å². The molecule has 0 bridgehead atoms. The fraction of sp³-hybridized carbons (Fsp3) is 0.632. The molecule has 0 aromatic heterocycles. The number of likely N-dealkylation sites (tertiary alicyclic amines) is 2. The van der Waals surface area contributed by atoms with Crippen LogP contribution in [0.1, 0.15) is 50.6 Å². The van der Waals surface area contributed by atoms with Crippen molar-refractivity contribution >= 4 is 11.6 Å². The van der Waals surface area contributed by atoms with E-state index in [2.05, 4.69) is 11.8 Å². The lowest BCUT2D eigenvalue weighted by molar-refractivity contribution is -0.385. The first-order valence-corrected chi connectivity index (χ1v) is 9.31.